The van der Waals surface area contributed by atoms with E-state index in [-0.39, 0.29) is 36.1 Å². The molecule has 2 saturated heterocycles. The molecule has 242 valence electrons. The van der Waals surface area contributed by atoms with Crippen molar-refractivity contribution in [1.29, 1.82) is 0 Å². The van der Waals surface area contributed by atoms with Crippen LogP contribution in [0.1, 0.15) is 76.5 Å². The van der Waals surface area contributed by atoms with Crippen LogP contribution >= 0.6 is 0 Å². The third-order valence-electron chi connectivity index (χ3n) is 8.51. The molecule has 44 heavy (non-hydrogen) atoms. The van der Waals surface area contributed by atoms with Gasteiger partial charge < -0.3 is 29.9 Å². The van der Waals surface area contributed by atoms with Gasteiger partial charge in [-0.25, -0.2) is 14.3 Å². The quantitative estimate of drug-likeness (QED) is 0.362. The van der Waals surface area contributed by atoms with Crippen molar-refractivity contribution in [2.45, 2.75) is 84.8 Å². The number of methoxy groups -OCH3 is 1. The standard InChI is InChI=1S/C32H49N7O5/c1-22(2)20-37(29(40)27-25(15-10-11-18-44-6)39(35-34-27)23-13-8-7-9-14-23)26-19-24(36-17-12-16-33-30(36)41)21-38(31(42)43)28(26)32(3,4)5/h7-9,13-14,22,24,26,28H,10-12,15-21H2,1-6H3,(H,33,41)(H,42,43)/t24-,26+,28?/m1/s1. The Morgan fingerprint density at radius 3 is 2.52 bits per heavy atom. The van der Waals surface area contributed by atoms with Crippen molar-refractivity contribution in [1.82, 2.24) is 35.0 Å². The van der Waals surface area contributed by atoms with Crippen molar-refractivity contribution in [2.75, 3.05) is 39.9 Å². The monoisotopic (exact) mass is 611 g/mol. The molecule has 3 atom stereocenters. The first-order chi connectivity index (χ1) is 20.9. The van der Waals surface area contributed by atoms with Gasteiger partial charge in [-0.2, -0.15) is 0 Å². The van der Waals surface area contributed by atoms with E-state index in [0.717, 1.165) is 30.6 Å². The van der Waals surface area contributed by atoms with Gasteiger partial charge in [0.05, 0.1) is 29.5 Å². The van der Waals surface area contributed by atoms with Gasteiger partial charge in [0.15, 0.2) is 5.69 Å². The van der Waals surface area contributed by atoms with Crippen LogP contribution < -0.4 is 5.32 Å². The smallest absolute Gasteiger partial charge is 0.407 e. The third kappa shape index (κ3) is 7.51. The van der Waals surface area contributed by atoms with E-state index in [1.54, 1.807) is 16.7 Å². The molecule has 0 saturated carbocycles. The maximum absolute atomic E-state index is 14.8. The second-order valence-corrected chi connectivity index (χ2v) is 13.4. The number of aromatic nitrogens is 3. The molecule has 1 aromatic carbocycles. The normalized spacial score (nSPS) is 21.0. The fraction of sp³-hybridized carbons (Fsp3) is 0.656. The Morgan fingerprint density at radius 2 is 1.91 bits per heavy atom. The molecule has 4 amide bonds. The lowest BCUT2D eigenvalue weighted by Gasteiger charge is -2.54. The molecule has 4 rings (SSSR count). The van der Waals surface area contributed by atoms with Crippen LogP contribution in [0.15, 0.2) is 30.3 Å². The van der Waals surface area contributed by atoms with Crippen LogP contribution in [-0.2, 0) is 11.2 Å². The number of nitrogens with zero attached hydrogens (tertiary/aromatic N) is 6. The molecule has 2 aliphatic heterocycles. The topological polar surface area (TPSA) is 133 Å². The largest absolute Gasteiger partial charge is 0.465 e. The van der Waals surface area contributed by atoms with Crippen LogP contribution in [0.3, 0.4) is 0 Å². The summed E-state index contributed by atoms with van der Waals surface area (Å²) in [4.78, 5) is 45.5. The second kappa shape index (κ2) is 14.4. The molecular formula is C32H49N7O5. The molecule has 0 radical (unpaired) electrons. The average Bonchev–Trinajstić information content (AvgIpc) is 3.41. The Kier molecular flexibility index (Phi) is 10.9. The Labute approximate surface area is 260 Å². The summed E-state index contributed by atoms with van der Waals surface area (Å²) in [5.41, 5.74) is 1.32. The molecule has 2 aliphatic rings. The molecule has 12 nitrogen and oxygen atoms in total. The molecule has 1 aromatic heterocycles. The highest BCUT2D eigenvalue weighted by molar-refractivity contribution is 5.94. The number of carboxylic acid groups (broad SMARTS) is 1. The van der Waals surface area contributed by atoms with Gasteiger partial charge in [-0.05, 0) is 55.6 Å². The number of carbonyl (C=O) groups excluding carboxylic acids is 2. The van der Waals surface area contributed by atoms with E-state index < -0.39 is 23.6 Å². The molecule has 2 aromatic rings. The van der Waals surface area contributed by atoms with Gasteiger partial charge in [-0.3, -0.25) is 4.79 Å². The van der Waals surface area contributed by atoms with Gasteiger partial charge in [0.25, 0.3) is 5.91 Å². The summed E-state index contributed by atoms with van der Waals surface area (Å²) in [5.74, 6) is -0.165. The lowest BCUT2D eigenvalue weighted by molar-refractivity contribution is -0.0309. The molecule has 0 aliphatic carbocycles. The van der Waals surface area contributed by atoms with Crippen LogP contribution in [0.25, 0.3) is 5.69 Å². The van der Waals surface area contributed by atoms with E-state index in [9.17, 15) is 19.5 Å². The number of ether oxygens (including phenoxy) is 1. The number of piperidine rings is 1. The van der Waals surface area contributed by atoms with Crippen molar-refractivity contribution in [2.24, 2.45) is 11.3 Å². The van der Waals surface area contributed by atoms with Crippen LogP contribution in [0.5, 0.6) is 0 Å². The first-order valence-electron chi connectivity index (χ1n) is 15.8. The number of carbonyl (C=O) groups is 3. The van der Waals surface area contributed by atoms with E-state index in [4.69, 9.17) is 4.74 Å². The zero-order valence-electron chi connectivity index (χ0n) is 27.0. The van der Waals surface area contributed by atoms with E-state index in [2.05, 4.69) is 15.6 Å². The van der Waals surface area contributed by atoms with Gasteiger partial charge in [0, 0.05) is 39.9 Å². The zero-order chi connectivity index (χ0) is 32.0. The first kappa shape index (κ1) is 33.2. The average molecular weight is 612 g/mol. The van der Waals surface area contributed by atoms with Gasteiger partial charge in [0.2, 0.25) is 0 Å². The van der Waals surface area contributed by atoms with Crippen molar-refractivity contribution in [3.63, 3.8) is 0 Å². The van der Waals surface area contributed by atoms with E-state index in [1.807, 2.05) is 69.9 Å². The molecular weight excluding hydrogens is 562 g/mol. The summed E-state index contributed by atoms with van der Waals surface area (Å²) in [6.07, 6.45) is 2.38. The lowest BCUT2D eigenvalue weighted by Crippen LogP contribution is -2.69. The number of amides is 4. The minimum Gasteiger partial charge on any atom is -0.465 e. The maximum Gasteiger partial charge on any atom is 0.407 e. The number of urea groups is 1. The van der Waals surface area contributed by atoms with Crippen LogP contribution in [0.2, 0.25) is 0 Å². The predicted octanol–water partition coefficient (Wildman–Crippen LogP) is 4.29. The van der Waals surface area contributed by atoms with Crippen molar-refractivity contribution < 1.29 is 24.2 Å². The predicted molar refractivity (Wildman–Crippen MR) is 167 cm³/mol. The number of hydrogen-bond donors (Lipinski definition) is 2. The van der Waals surface area contributed by atoms with E-state index in [1.165, 1.54) is 4.90 Å². The van der Waals surface area contributed by atoms with E-state index in [0.29, 0.717) is 39.1 Å². The van der Waals surface area contributed by atoms with Gasteiger partial charge >= 0.3 is 12.1 Å². The molecule has 2 fully saturated rings. The second-order valence-electron chi connectivity index (χ2n) is 13.4. The van der Waals surface area contributed by atoms with Crippen LogP contribution in [-0.4, -0.2) is 111 Å². The fourth-order valence-corrected chi connectivity index (χ4v) is 6.70. The lowest BCUT2D eigenvalue weighted by atomic mass is 9.75. The van der Waals surface area contributed by atoms with Crippen LogP contribution in [0, 0.1) is 11.3 Å². The summed E-state index contributed by atoms with van der Waals surface area (Å²) < 4.78 is 6.99. The number of likely N-dealkylation sites (tertiary alicyclic amines) is 1. The minimum atomic E-state index is -1.05. The van der Waals surface area contributed by atoms with Crippen LogP contribution in [0.4, 0.5) is 9.59 Å². The fourth-order valence-electron chi connectivity index (χ4n) is 6.70. The van der Waals surface area contributed by atoms with Gasteiger partial charge in [0.1, 0.15) is 0 Å². The summed E-state index contributed by atoms with van der Waals surface area (Å²) in [5, 5.41) is 22.3. The van der Waals surface area contributed by atoms with Gasteiger partial charge in [-0.1, -0.05) is 58.0 Å². The first-order valence-corrected chi connectivity index (χ1v) is 15.8. The highest BCUT2D eigenvalue weighted by Gasteiger charge is 2.50. The Bertz CT molecular complexity index is 1280. The summed E-state index contributed by atoms with van der Waals surface area (Å²) >= 11 is 0. The number of rotatable bonds is 11. The van der Waals surface area contributed by atoms with Gasteiger partial charge in [-0.15, -0.1) is 5.10 Å². The molecule has 2 N–H and O–H groups in total. The zero-order valence-corrected chi connectivity index (χ0v) is 27.0. The van der Waals surface area contributed by atoms with Crippen molar-refractivity contribution in [3.05, 3.63) is 41.7 Å². The summed E-state index contributed by atoms with van der Waals surface area (Å²) in [6.45, 7) is 12.5. The number of para-hydroxylation sites is 1. The Morgan fingerprint density at radius 1 is 1.18 bits per heavy atom. The highest BCUT2D eigenvalue weighted by atomic mass is 16.5. The molecule has 0 bridgehead atoms. The molecule has 1 unspecified atom stereocenters. The third-order valence-corrected chi connectivity index (χ3v) is 8.51. The Hall–Kier alpha value is -3.67. The Balaban J connectivity index is 1.79. The summed E-state index contributed by atoms with van der Waals surface area (Å²) in [7, 11) is 1.67. The number of unbranched alkanes of at least 4 members (excludes halogenated alkanes) is 1. The molecule has 3 heterocycles. The molecule has 12 heteroatoms. The SMILES string of the molecule is COCCCCc1c(C(=O)N(CC(C)C)[C@H]2C[C@@H](N3CCCNC3=O)CN(C(=O)O)C2C(C)(C)C)nnn1-c1ccccc1. The number of benzene rings is 1. The van der Waals surface area contributed by atoms with Crippen molar-refractivity contribution >= 4 is 18.0 Å². The number of hydrogen-bond acceptors (Lipinski definition) is 6. The molecule has 0 spiro atoms. The van der Waals surface area contributed by atoms with E-state index >= 15 is 0 Å². The van der Waals surface area contributed by atoms with Crippen molar-refractivity contribution in [3.8, 4) is 5.69 Å². The minimum absolute atomic E-state index is 0.103. The number of nitrogens with one attached hydrogen (secondary N) is 1. The highest BCUT2D eigenvalue weighted by Crippen LogP contribution is 2.38. The maximum atomic E-state index is 14.8. The summed E-state index contributed by atoms with van der Waals surface area (Å²) in [6, 6.07) is 8.09.